The van der Waals surface area contributed by atoms with Gasteiger partial charge in [0.1, 0.15) is 0 Å². The first-order valence-corrected chi connectivity index (χ1v) is 6.31. The second-order valence-corrected chi connectivity index (χ2v) is 4.93. The standard InChI is InChI=1S/C17H12O2/c18-16-9-8-14-13-5-4-10-2-1-3-11(10)12(13)6-7-15(14)17(16)19/h1-2,4-9,18-19H,3H2. The lowest BCUT2D eigenvalue weighted by molar-refractivity contribution is 0.408. The SMILES string of the molecule is Oc1ccc2c(ccc3c4c(ccc32)C=CC4)c1O. The molecule has 2 N–H and O–H groups in total. The minimum absolute atomic E-state index is 0.0435. The van der Waals surface area contributed by atoms with Gasteiger partial charge in [0.15, 0.2) is 11.5 Å². The first kappa shape index (κ1) is 10.4. The van der Waals surface area contributed by atoms with Crippen LogP contribution in [-0.2, 0) is 6.42 Å². The van der Waals surface area contributed by atoms with Crippen LogP contribution < -0.4 is 0 Å². The lowest BCUT2D eigenvalue weighted by Crippen LogP contribution is -1.86. The predicted octanol–water partition coefficient (Wildman–Crippen LogP) is 3.97. The summed E-state index contributed by atoms with van der Waals surface area (Å²) in [4.78, 5) is 0. The minimum Gasteiger partial charge on any atom is -0.504 e. The maximum absolute atomic E-state index is 9.95. The van der Waals surface area contributed by atoms with Crippen LogP contribution in [0.15, 0.2) is 42.5 Å². The van der Waals surface area contributed by atoms with Crippen molar-refractivity contribution in [3.05, 3.63) is 53.6 Å². The zero-order valence-corrected chi connectivity index (χ0v) is 10.2. The molecule has 3 aromatic carbocycles. The monoisotopic (exact) mass is 248 g/mol. The summed E-state index contributed by atoms with van der Waals surface area (Å²) in [5.41, 5.74) is 2.61. The van der Waals surface area contributed by atoms with Gasteiger partial charge in [0.2, 0.25) is 0 Å². The molecule has 92 valence electrons. The van der Waals surface area contributed by atoms with Crippen LogP contribution in [0.1, 0.15) is 11.1 Å². The lowest BCUT2D eigenvalue weighted by Gasteiger charge is -2.10. The highest BCUT2D eigenvalue weighted by atomic mass is 16.3. The topological polar surface area (TPSA) is 40.5 Å². The summed E-state index contributed by atoms with van der Waals surface area (Å²) < 4.78 is 0. The number of phenolic OH excluding ortho intramolecular Hbond substituents is 2. The van der Waals surface area contributed by atoms with Gasteiger partial charge in [0, 0.05) is 5.39 Å². The number of hydrogen-bond acceptors (Lipinski definition) is 2. The van der Waals surface area contributed by atoms with Crippen LogP contribution in [0, 0.1) is 0 Å². The van der Waals surface area contributed by atoms with Gasteiger partial charge in [-0.05, 0) is 51.9 Å². The van der Waals surface area contributed by atoms with E-state index in [4.69, 9.17) is 0 Å². The summed E-state index contributed by atoms with van der Waals surface area (Å²) >= 11 is 0. The number of benzene rings is 3. The van der Waals surface area contributed by atoms with Gasteiger partial charge in [0.25, 0.3) is 0 Å². The van der Waals surface area contributed by atoms with Crippen molar-refractivity contribution in [1.82, 2.24) is 0 Å². The first-order valence-electron chi connectivity index (χ1n) is 6.31. The Balaban J connectivity index is 2.20. The van der Waals surface area contributed by atoms with E-state index in [-0.39, 0.29) is 11.5 Å². The number of fused-ring (bicyclic) bond motifs is 5. The zero-order valence-electron chi connectivity index (χ0n) is 10.2. The molecule has 0 saturated heterocycles. The van der Waals surface area contributed by atoms with Crippen LogP contribution in [0.3, 0.4) is 0 Å². The van der Waals surface area contributed by atoms with E-state index in [1.807, 2.05) is 18.2 Å². The second kappa shape index (κ2) is 3.51. The molecule has 0 spiro atoms. The molecule has 0 saturated carbocycles. The van der Waals surface area contributed by atoms with Crippen LogP contribution in [0.4, 0.5) is 0 Å². The third-order valence-corrected chi connectivity index (χ3v) is 3.92. The molecule has 3 aromatic rings. The van der Waals surface area contributed by atoms with Gasteiger partial charge in [-0.15, -0.1) is 0 Å². The molecule has 0 unspecified atom stereocenters. The smallest absolute Gasteiger partial charge is 0.165 e. The molecule has 1 aliphatic rings. The summed E-state index contributed by atoms with van der Waals surface area (Å²) in [5, 5.41) is 23.5. The Morgan fingerprint density at radius 1 is 0.737 bits per heavy atom. The van der Waals surface area contributed by atoms with E-state index in [0.29, 0.717) is 5.39 Å². The van der Waals surface area contributed by atoms with Crippen molar-refractivity contribution in [1.29, 1.82) is 0 Å². The number of hydrogen-bond donors (Lipinski definition) is 2. The fourth-order valence-corrected chi connectivity index (χ4v) is 2.96. The summed E-state index contributed by atoms with van der Waals surface area (Å²) in [6, 6.07) is 11.5. The van der Waals surface area contributed by atoms with E-state index >= 15 is 0 Å². The normalized spacial score (nSPS) is 13.3. The van der Waals surface area contributed by atoms with Gasteiger partial charge in [-0.25, -0.2) is 0 Å². The molecule has 0 fully saturated rings. The fraction of sp³-hybridized carbons (Fsp3) is 0.0588. The van der Waals surface area contributed by atoms with Crippen molar-refractivity contribution in [2.24, 2.45) is 0 Å². The maximum Gasteiger partial charge on any atom is 0.165 e. The highest BCUT2D eigenvalue weighted by Crippen LogP contribution is 2.39. The van der Waals surface area contributed by atoms with Crippen LogP contribution in [0.2, 0.25) is 0 Å². The quantitative estimate of drug-likeness (QED) is 0.466. The van der Waals surface area contributed by atoms with Gasteiger partial charge < -0.3 is 10.2 Å². The third kappa shape index (κ3) is 1.31. The molecule has 0 aliphatic heterocycles. The average molecular weight is 248 g/mol. The van der Waals surface area contributed by atoms with Crippen molar-refractivity contribution in [3.63, 3.8) is 0 Å². The van der Waals surface area contributed by atoms with Crippen LogP contribution in [0.25, 0.3) is 27.6 Å². The summed E-state index contributed by atoms with van der Waals surface area (Å²) in [7, 11) is 0. The summed E-state index contributed by atoms with van der Waals surface area (Å²) in [6.07, 6.45) is 5.28. The van der Waals surface area contributed by atoms with E-state index < -0.39 is 0 Å². The average Bonchev–Trinajstić information content (AvgIpc) is 2.91. The number of phenols is 2. The van der Waals surface area contributed by atoms with Gasteiger partial charge in [0.05, 0.1) is 0 Å². The van der Waals surface area contributed by atoms with Crippen molar-refractivity contribution in [2.45, 2.75) is 6.42 Å². The largest absolute Gasteiger partial charge is 0.504 e. The van der Waals surface area contributed by atoms with Gasteiger partial charge in [-0.3, -0.25) is 0 Å². The highest BCUT2D eigenvalue weighted by molar-refractivity contribution is 6.11. The van der Waals surface area contributed by atoms with Crippen molar-refractivity contribution >= 4 is 27.6 Å². The summed E-state index contributed by atoms with van der Waals surface area (Å²) in [6.45, 7) is 0. The molecule has 0 heterocycles. The van der Waals surface area contributed by atoms with Crippen LogP contribution in [0.5, 0.6) is 11.5 Å². The van der Waals surface area contributed by atoms with E-state index in [1.54, 1.807) is 6.07 Å². The van der Waals surface area contributed by atoms with Gasteiger partial charge >= 0.3 is 0 Å². The fourth-order valence-electron chi connectivity index (χ4n) is 2.96. The van der Waals surface area contributed by atoms with E-state index in [1.165, 1.54) is 16.5 Å². The van der Waals surface area contributed by atoms with Crippen LogP contribution >= 0.6 is 0 Å². The molecule has 2 heteroatoms. The molecule has 4 rings (SSSR count). The Labute approximate surface area is 110 Å². The van der Waals surface area contributed by atoms with Crippen molar-refractivity contribution in [2.75, 3.05) is 0 Å². The molecular formula is C17H12O2. The van der Waals surface area contributed by atoms with E-state index in [0.717, 1.165) is 17.2 Å². The first-order chi connectivity index (χ1) is 9.25. The molecule has 0 aromatic heterocycles. The Morgan fingerprint density at radius 3 is 2.32 bits per heavy atom. The number of rotatable bonds is 0. The molecular weight excluding hydrogens is 236 g/mol. The van der Waals surface area contributed by atoms with Crippen molar-refractivity contribution < 1.29 is 10.2 Å². The minimum atomic E-state index is -0.0744. The van der Waals surface area contributed by atoms with Gasteiger partial charge in [-0.1, -0.05) is 30.4 Å². The highest BCUT2D eigenvalue weighted by Gasteiger charge is 2.13. The Bertz CT molecular complexity index is 860. The van der Waals surface area contributed by atoms with Crippen molar-refractivity contribution in [3.8, 4) is 11.5 Å². The Kier molecular flexibility index (Phi) is 1.93. The second-order valence-electron chi connectivity index (χ2n) is 4.93. The zero-order chi connectivity index (χ0) is 13.0. The summed E-state index contributed by atoms with van der Waals surface area (Å²) in [5.74, 6) is -0.118. The number of aromatic hydroxyl groups is 2. The molecule has 19 heavy (non-hydrogen) atoms. The molecule has 0 bridgehead atoms. The van der Waals surface area contributed by atoms with E-state index in [9.17, 15) is 10.2 Å². The van der Waals surface area contributed by atoms with Crippen LogP contribution in [-0.4, -0.2) is 10.2 Å². The Hall–Kier alpha value is -2.48. The maximum atomic E-state index is 9.95. The molecule has 0 radical (unpaired) electrons. The number of allylic oxidation sites excluding steroid dienone is 1. The molecule has 1 aliphatic carbocycles. The molecule has 0 atom stereocenters. The Morgan fingerprint density at radius 2 is 1.42 bits per heavy atom. The van der Waals surface area contributed by atoms with E-state index in [2.05, 4.69) is 24.3 Å². The lowest BCUT2D eigenvalue weighted by atomic mass is 9.95. The van der Waals surface area contributed by atoms with Gasteiger partial charge in [-0.2, -0.15) is 0 Å². The molecule has 2 nitrogen and oxygen atoms in total. The molecule has 0 amide bonds. The third-order valence-electron chi connectivity index (χ3n) is 3.92. The predicted molar refractivity (Wildman–Crippen MR) is 77.5 cm³/mol.